The molecule has 0 bridgehead atoms. The van der Waals surface area contributed by atoms with Gasteiger partial charge in [0.05, 0.1) is 17.6 Å². The van der Waals surface area contributed by atoms with Gasteiger partial charge in [0.25, 0.3) is 10.0 Å². The molecule has 0 atom stereocenters. The number of sulfonamides is 1. The van der Waals surface area contributed by atoms with Gasteiger partial charge in [0.1, 0.15) is 19.0 Å². The molecule has 0 aliphatic carbocycles. The van der Waals surface area contributed by atoms with Crippen molar-refractivity contribution >= 4 is 16.0 Å². The van der Waals surface area contributed by atoms with Gasteiger partial charge in [-0.05, 0) is 61.4 Å². The van der Waals surface area contributed by atoms with E-state index in [1.807, 2.05) is 32.0 Å². The van der Waals surface area contributed by atoms with Crippen LogP contribution in [0.2, 0.25) is 0 Å². The van der Waals surface area contributed by atoms with Gasteiger partial charge in [-0.3, -0.25) is 4.84 Å². The average Bonchev–Trinajstić information content (AvgIpc) is 2.63. The van der Waals surface area contributed by atoms with Crippen LogP contribution in [0, 0.1) is 13.8 Å². The summed E-state index contributed by atoms with van der Waals surface area (Å²) in [7, 11) is -1.21. The van der Waals surface area contributed by atoms with Crippen LogP contribution in [-0.4, -0.2) is 46.2 Å². The third-order valence-corrected chi connectivity index (χ3v) is 5.46. The Balaban J connectivity index is 1.89. The molecule has 2 aromatic rings. The minimum absolute atomic E-state index is 0.0153. The largest absolute Gasteiger partial charge is 0.490 e. The molecule has 0 aliphatic rings. The summed E-state index contributed by atoms with van der Waals surface area (Å²) >= 11 is 0. The lowest BCUT2D eigenvalue weighted by atomic mass is 10.1. The number of hydrogen-bond acceptors (Lipinski definition) is 6. The van der Waals surface area contributed by atoms with E-state index < -0.39 is 16.0 Å². The standard InChI is InChI=1S/C19H23NO6S/c1-14-11-15(2)13-17(12-14)25-9-10-26-19(21)16-5-7-18(8-6-16)27(22,23)20(3)24-4/h5-8,11-13H,9-10H2,1-4H3. The zero-order valence-electron chi connectivity index (χ0n) is 15.8. The van der Waals surface area contributed by atoms with Crippen LogP contribution in [-0.2, 0) is 19.6 Å². The molecule has 0 fully saturated rings. The highest BCUT2D eigenvalue weighted by Crippen LogP contribution is 2.17. The average molecular weight is 393 g/mol. The first kappa shape index (κ1) is 20.9. The summed E-state index contributed by atoms with van der Waals surface area (Å²) in [6.45, 7) is 4.26. The van der Waals surface area contributed by atoms with Crippen LogP contribution < -0.4 is 4.74 Å². The van der Waals surface area contributed by atoms with Gasteiger partial charge >= 0.3 is 5.97 Å². The molecule has 0 radical (unpaired) electrons. The molecule has 146 valence electrons. The summed E-state index contributed by atoms with van der Waals surface area (Å²) in [4.78, 5) is 16.8. The lowest BCUT2D eigenvalue weighted by Crippen LogP contribution is -2.25. The van der Waals surface area contributed by atoms with Crippen LogP contribution in [0.3, 0.4) is 0 Å². The van der Waals surface area contributed by atoms with Crippen LogP contribution in [0.15, 0.2) is 47.4 Å². The van der Waals surface area contributed by atoms with Crippen molar-refractivity contribution in [3.8, 4) is 5.75 Å². The lowest BCUT2D eigenvalue weighted by molar-refractivity contribution is -0.0258. The van der Waals surface area contributed by atoms with Crippen LogP contribution in [0.4, 0.5) is 0 Å². The predicted molar refractivity (Wildman–Crippen MR) is 100 cm³/mol. The van der Waals surface area contributed by atoms with Crippen LogP contribution >= 0.6 is 0 Å². The minimum atomic E-state index is -3.75. The number of hydrogen-bond donors (Lipinski definition) is 0. The van der Waals surface area contributed by atoms with Crippen molar-refractivity contribution in [3.63, 3.8) is 0 Å². The Morgan fingerprint density at radius 3 is 2.15 bits per heavy atom. The van der Waals surface area contributed by atoms with E-state index in [1.165, 1.54) is 38.4 Å². The summed E-state index contributed by atoms with van der Waals surface area (Å²) in [6, 6.07) is 11.3. The molecule has 0 saturated carbocycles. The first-order chi connectivity index (χ1) is 12.7. The van der Waals surface area contributed by atoms with E-state index in [0.29, 0.717) is 0 Å². The molecule has 0 amide bonds. The highest BCUT2D eigenvalue weighted by atomic mass is 32.2. The summed E-state index contributed by atoms with van der Waals surface area (Å²) in [5.74, 6) is 0.170. The van der Waals surface area contributed by atoms with Gasteiger partial charge < -0.3 is 9.47 Å². The number of esters is 1. The van der Waals surface area contributed by atoms with Crippen LogP contribution in [0.25, 0.3) is 0 Å². The van der Waals surface area contributed by atoms with Gasteiger partial charge in [-0.15, -0.1) is 0 Å². The molecule has 0 aromatic heterocycles. The van der Waals surface area contributed by atoms with Crippen molar-refractivity contribution < 1.29 is 27.5 Å². The maximum absolute atomic E-state index is 12.1. The summed E-state index contributed by atoms with van der Waals surface area (Å²) in [5.41, 5.74) is 2.44. The zero-order valence-corrected chi connectivity index (χ0v) is 16.6. The fraction of sp³-hybridized carbons (Fsp3) is 0.316. The number of aryl methyl sites for hydroxylation is 2. The highest BCUT2D eigenvalue weighted by molar-refractivity contribution is 7.89. The minimum Gasteiger partial charge on any atom is -0.490 e. The van der Waals surface area contributed by atoms with Gasteiger partial charge in [-0.1, -0.05) is 10.5 Å². The number of carbonyl (C=O) groups is 1. The summed E-state index contributed by atoms with van der Waals surface area (Å²) < 4.78 is 35.7. The highest BCUT2D eigenvalue weighted by Gasteiger charge is 2.21. The lowest BCUT2D eigenvalue weighted by Gasteiger charge is -2.14. The molecule has 0 N–H and O–H groups in total. The second-order valence-electron chi connectivity index (χ2n) is 5.93. The summed E-state index contributed by atoms with van der Waals surface area (Å²) in [6.07, 6.45) is 0. The molecule has 0 saturated heterocycles. The molecule has 27 heavy (non-hydrogen) atoms. The number of hydroxylamine groups is 1. The smallest absolute Gasteiger partial charge is 0.338 e. The molecular weight excluding hydrogens is 370 g/mol. The fourth-order valence-corrected chi connectivity index (χ4v) is 3.38. The molecule has 7 nitrogen and oxygen atoms in total. The van der Waals surface area contributed by atoms with Crippen LogP contribution in [0.5, 0.6) is 5.75 Å². The Hall–Kier alpha value is -2.42. The van der Waals surface area contributed by atoms with Crippen LogP contribution in [0.1, 0.15) is 21.5 Å². The molecule has 8 heteroatoms. The Kier molecular flexibility index (Phi) is 6.95. The molecule has 0 heterocycles. The van der Waals surface area contributed by atoms with Gasteiger partial charge in [-0.2, -0.15) is 0 Å². The van der Waals surface area contributed by atoms with E-state index in [9.17, 15) is 13.2 Å². The van der Waals surface area contributed by atoms with Crippen molar-refractivity contribution in [2.45, 2.75) is 18.7 Å². The molecule has 2 aromatic carbocycles. The zero-order chi connectivity index (χ0) is 20.0. The van der Waals surface area contributed by atoms with E-state index in [2.05, 4.69) is 0 Å². The second kappa shape index (κ2) is 8.98. The molecule has 0 spiro atoms. The summed E-state index contributed by atoms with van der Waals surface area (Å²) in [5, 5.41) is 0. The van der Waals surface area contributed by atoms with E-state index >= 15 is 0 Å². The SMILES string of the molecule is CON(C)S(=O)(=O)c1ccc(C(=O)OCCOc2cc(C)cc(C)c2)cc1. The third kappa shape index (κ3) is 5.53. The molecular formula is C19H23NO6S. The molecule has 0 aliphatic heterocycles. The number of ether oxygens (including phenoxy) is 2. The second-order valence-corrected chi connectivity index (χ2v) is 7.87. The Morgan fingerprint density at radius 2 is 1.59 bits per heavy atom. The Labute approximate surface area is 159 Å². The van der Waals surface area contributed by atoms with Crippen molar-refractivity contribution in [3.05, 3.63) is 59.2 Å². The molecule has 2 rings (SSSR count). The Morgan fingerprint density at radius 1 is 1.00 bits per heavy atom. The van der Waals surface area contributed by atoms with E-state index in [-0.39, 0.29) is 23.7 Å². The van der Waals surface area contributed by atoms with E-state index in [1.54, 1.807) is 0 Å². The number of benzene rings is 2. The van der Waals surface area contributed by atoms with Crippen molar-refractivity contribution in [1.29, 1.82) is 0 Å². The normalized spacial score (nSPS) is 11.4. The number of carbonyl (C=O) groups excluding carboxylic acids is 1. The van der Waals surface area contributed by atoms with Gasteiger partial charge in [0, 0.05) is 7.05 Å². The van der Waals surface area contributed by atoms with Crippen molar-refractivity contribution in [2.24, 2.45) is 0 Å². The monoisotopic (exact) mass is 393 g/mol. The number of rotatable bonds is 8. The van der Waals surface area contributed by atoms with Crippen molar-refractivity contribution in [1.82, 2.24) is 4.47 Å². The fourth-order valence-electron chi connectivity index (χ4n) is 2.40. The predicted octanol–water partition coefficient (Wildman–Crippen LogP) is 2.72. The molecule has 0 unspecified atom stereocenters. The maximum atomic E-state index is 12.1. The topological polar surface area (TPSA) is 82.1 Å². The quantitative estimate of drug-likeness (QED) is 0.390. The van der Waals surface area contributed by atoms with E-state index in [0.717, 1.165) is 21.3 Å². The maximum Gasteiger partial charge on any atom is 0.338 e. The number of nitrogens with zero attached hydrogens (tertiary/aromatic N) is 1. The first-order valence-electron chi connectivity index (χ1n) is 8.25. The van der Waals surface area contributed by atoms with Gasteiger partial charge in [0.2, 0.25) is 0 Å². The van der Waals surface area contributed by atoms with Crippen molar-refractivity contribution in [2.75, 3.05) is 27.4 Å². The van der Waals surface area contributed by atoms with E-state index in [4.69, 9.17) is 14.3 Å². The third-order valence-electron chi connectivity index (χ3n) is 3.76. The van der Waals surface area contributed by atoms with Gasteiger partial charge in [-0.25, -0.2) is 13.2 Å². The van der Waals surface area contributed by atoms with Gasteiger partial charge in [0.15, 0.2) is 0 Å². The Bertz CT molecular complexity index is 873. The first-order valence-corrected chi connectivity index (χ1v) is 9.69.